The summed E-state index contributed by atoms with van der Waals surface area (Å²) in [6.07, 6.45) is 3.81. The lowest BCUT2D eigenvalue weighted by Crippen LogP contribution is -2.36. The molecule has 0 saturated heterocycles. The summed E-state index contributed by atoms with van der Waals surface area (Å²) in [4.78, 5) is 0. The lowest BCUT2D eigenvalue weighted by atomic mass is 10.0. The first-order valence-corrected chi connectivity index (χ1v) is 16.0. The summed E-state index contributed by atoms with van der Waals surface area (Å²) in [5, 5.41) is 0. The van der Waals surface area contributed by atoms with E-state index in [0.717, 1.165) is 25.7 Å². The molecular formula is C30H42F4N2O2S2. The summed E-state index contributed by atoms with van der Waals surface area (Å²) in [6, 6.07) is 4.13. The average molecular weight is 603 g/mol. The van der Waals surface area contributed by atoms with Gasteiger partial charge in [0.1, 0.15) is 23.3 Å². The number of nitrogens with one attached hydrogen (secondary N) is 2. The quantitative estimate of drug-likeness (QED) is 0.307. The van der Waals surface area contributed by atoms with Crippen LogP contribution in [0, 0.1) is 49.0 Å². The number of halogens is 4. The molecule has 4 nitrogen and oxygen atoms in total. The molecule has 0 heterocycles. The summed E-state index contributed by atoms with van der Waals surface area (Å²) in [5.41, 5.74) is 1.15. The molecule has 0 aliphatic heterocycles. The van der Waals surface area contributed by atoms with Crippen molar-refractivity contribution in [3.05, 3.63) is 69.8 Å². The zero-order valence-electron chi connectivity index (χ0n) is 24.6. The summed E-state index contributed by atoms with van der Waals surface area (Å²) < 4.78 is 85.2. The Balaban J connectivity index is 0.000000220. The van der Waals surface area contributed by atoms with Crippen LogP contribution in [0.25, 0.3) is 0 Å². The average Bonchev–Trinajstić information content (AvgIpc) is 3.73. The van der Waals surface area contributed by atoms with Crippen LogP contribution in [0.4, 0.5) is 17.6 Å². The van der Waals surface area contributed by atoms with E-state index in [-0.39, 0.29) is 46.2 Å². The maximum Gasteiger partial charge on any atom is 0.128 e. The lowest BCUT2D eigenvalue weighted by Gasteiger charge is -2.25. The van der Waals surface area contributed by atoms with Gasteiger partial charge in [-0.05, 0) is 128 Å². The van der Waals surface area contributed by atoms with Crippen LogP contribution in [0.15, 0.2) is 24.3 Å². The smallest absolute Gasteiger partial charge is 0.128 e. The minimum atomic E-state index is -1.31. The third kappa shape index (κ3) is 8.69. The molecule has 0 amide bonds. The molecule has 10 heteroatoms. The van der Waals surface area contributed by atoms with Crippen LogP contribution in [0.2, 0.25) is 0 Å². The van der Waals surface area contributed by atoms with E-state index in [1.54, 1.807) is 0 Å². The van der Waals surface area contributed by atoms with Gasteiger partial charge in [-0.15, -0.1) is 0 Å². The van der Waals surface area contributed by atoms with Crippen molar-refractivity contribution in [2.24, 2.45) is 11.8 Å². The van der Waals surface area contributed by atoms with Crippen molar-refractivity contribution in [1.29, 1.82) is 0 Å². The van der Waals surface area contributed by atoms with Gasteiger partial charge in [0.2, 0.25) is 0 Å². The number of rotatable bonds is 8. The van der Waals surface area contributed by atoms with Crippen molar-refractivity contribution in [3.8, 4) is 0 Å². The maximum atomic E-state index is 14.1. The molecule has 40 heavy (non-hydrogen) atoms. The van der Waals surface area contributed by atoms with Crippen molar-refractivity contribution in [1.82, 2.24) is 9.44 Å². The largest absolute Gasteiger partial charge is 0.242 e. The third-order valence-electron chi connectivity index (χ3n) is 6.99. The first-order chi connectivity index (χ1) is 18.4. The number of hydrogen-bond acceptors (Lipinski definition) is 2. The van der Waals surface area contributed by atoms with Crippen LogP contribution < -0.4 is 9.44 Å². The van der Waals surface area contributed by atoms with E-state index in [4.69, 9.17) is 0 Å². The standard InChI is InChI=1S/2C15H21F2NOS/c2*1-9-7-13(17)11(8-12(9)16)14(10-5-6-10)18-20(19)15(2,3)4/h2*7-8,10,14,18H,5-6H2,1-4H3/t2*14-,20?/m10/s1. The number of hydrogen-bond donors (Lipinski definition) is 2. The Kier molecular flexibility index (Phi) is 10.5. The van der Waals surface area contributed by atoms with Crippen molar-refractivity contribution < 1.29 is 26.0 Å². The molecule has 2 N–H and O–H groups in total. The molecule has 2 aromatic carbocycles. The van der Waals surface area contributed by atoms with Crippen LogP contribution in [0.5, 0.6) is 0 Å². The molecule has 2 aliphatic rings. The Morgan fingerprint density at radius 1 is 0.625 bits per heavy atom. The van der Waals surface area contributed by atoms with E-state index < -0.39 is 54.7 Å². The van der Waals surface area contributed by atoms with Gasteiger partial charge < -0.3 is 0 Å². The zero-order chi connectivity index (χ0) is 30.2. The molecule has 0 spiro atoms. The predicted octanol–water partition coefficient (Wildman–Crippen LogP) is 7.55. The first kappa shape index (κ1) is 32.9. The van der Waals surface area contributed by atoms with Crippen LogP contribution in [0.3, 0.4) is 0 Å². The van der Waals surface area contributed by atoms with Gasteiger partial charge in [-0.25, -0.2) is 35.4 Å². The monoisotopic (exact) mass is 602 g/mol. The lowest BCUT2D eigenvalue weighted by molar-refractivity contribution is 0.507. The van der Waals surface area contributed by atoms with Gasteiger partial charge in [0.05, 0.1) is 43.5 Å². The third-order valence-corrected chi connectivity index (χ3v) is 10.2. The molecule has 4 rings (SSSR count). The summed E-state index contributed by atoms with van der Waals surface area (Å²) in [5.74, 6) is -1.24. The van der Waals surface area contributed by atoms with Crippen LogP contribution in [-0.2, 0) is 22.0 Å². The van der Waals surface area contributed by atoms with Crippen molar-refractivity contribution in [2.45, 2.75) is 103 Å². The van der Waals surface area contributed by atoms with E-state index in [1.165, 1.54) is 38.1 Å². The molecule has 2 aromatic rings. The molecule has 2 unspecified atom stereocenters. The molecular weight excluding hydrogens is 560 g/mol. The van der Waals surface area contributed by atoms with Gasteiger partial charge in [-0.1, -0.05) is 0 Å². The van der Waals surface area contributed by atoms with Crippen molar-refractivity contribution >= 4 is 22.0 Å². The number of benzene rings is 2. The normalized spacial score (nSPS) is 18.9. The summed E-state index contributed by atoms with van der Waals surface area (Å²) in [6.45, 7) is 14.2. The fourth-order valence-electron chi connectivity index (χ4n) is 4.07. The molecule has 4 atom stereocenters. The molecule has 0 radical (unpaired) electrons. The van der Waals surface area contributed by atoms with Crippen LogP contribution in [-0.4, -0.2) is 17.9 Å². The minimum absolute atomic E-state index is 0.234. The van der Waals surface area contributed by atoms with Crippen LogP contribution in [0.1, 0.15) is 102 Å². The van der Waals surface area contributed by atoms with E-state index in [0.29, 0.717) is 0 Å². The van der Waals surface area contributed by atoms with E-state index in [2.05, 4.69) is 9.44 Å². The highest BCUT2D eigenvalue weighted by Crippen LogP contribution is 2.43. The van der Waals surface area contributed by atoms with E-state index >= 15 is 0 Å². The number of aryl methyl sites for hydroxylation is 2. The summed E-state index contributed by atoms with van der Waals surface area (Å²) >= 11 is 0. The Hall–Kier alpha value is -1.62. The Morgan fingerprint density at radius 2 is 0.925 bits per heavy atom. The fourth-order valence-corrected chi connectivity index (χ4v) is 5.88. The van der Waals surface area contributed by atoms with Crippen molar-refractivity contribution in [3.63, 3.8) is 0 Å². The van der Waals surface area contributed by atoms with Gasteiger partial charge in [-0.3, -0.25) is 0 Å². The molecule has 0 aromatic heterocycles. The maximum absolute atomic E-state index is 14.1. The molecule has 0 bridgehead atoms. The highest BCUT2D eigenvalue weighted by atomic mass is 32.2. The van der Waals surface area contributed by atoms with Gasteiger partial charge >= 0.3 is 0 Å². The highest BCUT2D eigenvalue weighted by molar-refractivity contribution is 7.84. The molecule has 2 fully saturated rings. The van der Waals surface area contributed by atoms with Gasteiger partial charge in [-0.2, -0.15) is 0 Å². The Bertz CT molecular complexity index is 1170. The molecule has 2 aliphatic carbocycles. The fraction of sp³-hybridized carbons (Fsp3) is 0.600. The van der Waals surface area contributed by atoms with Crippen molar-refractivity contribution in [2.75, 3.05) is 0 Å². The second-order valence-electron chi connectivity index (χ2n) is 12.9. The molecule has 2 saturated carbocycles. The topological polar surface area (TPSA) is 58.2 Å². The van der Waals surface area contributed by atoms with Crippen LogP contribution >= 0.6 is 0 Å². The van der Waals surface area contributed by atoms with Gasteiger partial charge in [0, 0.05) is 11.1 Å². The Morgan fingerprint density at radius 3 is 1.18 bits per heavy atom. The minimum Gasteiger partial charge on any atom is -0.242 e. The predicted molar refractivity (Wildman–Crippen MR) is 155 cm³/mol. The second kappa shape index (κ2) is 12.7. The van der Waals surface area contributed by atoms with E-state index in [1.807, 2.05) is 41.5 Å². The van der Waals surface area contributed by atoms with E-state index in [9.17, 15) is 26.0 Å². The highest BCUT2D eigenvalue weighted by Gasteiger charge is 2.38. The second-order valence-corrected chi connectivity index (χ2v) is 16.9. The van der Waals surface area contributed by atoms with Gasteiger partial charge in [0.15, 0.2) is 0 Å². The zero-order valence-corrected chi connectivity index (χ0v) is 26.2. The first-order valence-electron chi connectivity index (χ1n) is 13.7. The SMILES string of the molecule is Cc1cc(F)c([C@@H](NS(=O)C(C)(C)C)C2CC2)cc1F.Cc1cc(F)c([C@H](NS(=O)C(C)(C)C)C2CC2)cc1F. The molecule has 224 valence electrons. The van der Waals surface area contributed by atoms with Gasteiger partial charge in [0.25, 0.3) is 0 Å². The Labute approximate surface area is 241 Å². The summed E-state index contributed by atoms with van der Waals surface area (Å²) in [7, 11) is -2.62.